The maximum Gasteiger partial charge on any atom is 0.0499 e. The monoisotopic (exact) mass is 247 g/mol. The Balaban J connectivity index is 1.87. The van der Waals surface area contributed by atoms with E-state index in [9.17, 15) is 5.11 Å². The molecule has 0 radical (unpaired) electrons. The molecular formula is C16H25NO. The fourth-order valence-electron chi connectivity index (χ4n) is 3.16. The average Bonchev–Trinajstić information content (AvgIpc) is 2.77. The predicted octanol–water partition coefficient (Wildman–Crippen LogP) is 2.95. The first-order chi connectivity index (χ1) is 8.63. The number of aryl methyl sites for hydroxylation is 2. The molecule has 1 aliphatic carbocycles. The number of hydrogen-bond donors (Lipinski definition) is 2. The lowest BCUT2D eigenvalue weighted by molar-refractivity contribution is 0.128. The van der Waals surface area contributed by atoms with Gasteiger partial charge in [0.05, 0.1) is 0 Å². The molecule has 2 rings (SSSR count). The molecule has 1 saturated carbocycles. The van der Waals surface area contributed by atoms with Gasteiger partial charge in [0, 0.05) is 25.1 Å². The van der Waals surface area contributed by atoms with E-state index >= 15 is 0 Å². The van der Waals surface area contributed by atoms with Crippen LogP contribution in [0.2, 0.25) is 0 Å². The highest BCUT2D eigenvalue weighted by atomic mass is 16.3. The Morgan fingerprint density at radius 3 is 2.28 bits per heavy atom. The van der Waals surface area contributed by atoms with Gasteiger partial charge >= 0.3 is 0 Å². The molecule has 0 atom stereocenters. The summed E-state index contributed by atoms with van der Waals surface area (Å²) in [7, 11) is 0. The molecule has 0 aliphatic heterocycles. The molecule has 0 unspecified atom stereocenters. The standard InChI is InChI=1S/C16H25NO/c1-13-7-14(2)9-15(8-13)10-17-11-16(12-18)5-3-4-6-16/h7-9,17-18H,3-6,10-12H2,1-2H3. The van der Waals surface area contributed by atoms with Gasteiger partial charge in [-0.1, -0.05) is 42.2 Å². The number of nitrogens with one attached hydrogen (secondary N) is 1. The zero-order valence-electron chi connectivity index (χ0n) is 11.6. The Bertz CT molecular complexity index is 374. The van der Waals surface area contributed by atoms with E-state index in [1.54, 1.807) is 0 Å². The minimum Gasteiger partial charge on any atom is -0.396 e. The molecule has 2 heteroatoms. The molecule has 2 nitrogen and oxygen atoms in total. The van der Waals surface area contributed by atoms with E-state index in [0.717, 1.165) is 13.1 Å². The Kier molecular flexibility index (Phi) is 4.41. The normalized spacial score (nSPS) is 18.2. The summed E-state index contributed by atoms with van der Waals surface area (Å²) in [5.74, 6) is 0. The van der Waals surface area contributed by atoms with Crippen LogP contribution < -0.4 is 5.32 Å². The highest BCUT2D eigenvalue weighted by Crippen LogP contribution is 2.36. The minimum atomic E-state index is 0.152. The van der Waals surface area contributed by atoms with E-state index in [4.69, 9.17) is 0 Å². The summed E-state index contributed by atoms with van der Waals surface area (Å²) >= 11 is 0. The third-order valence-electron chi connectivity index (χ3n) is 4.11. The van der Waals surface area contributed by atoms with Crippen LogP contribution in [0.1, 0.15) is 42.4 Å². The molecule has 0 bridgehead atoms. The van der Waals surface area contributed by atoms with Crippen LogP contribution in [-0.4, -0.2) is 18.3 Å². The van der Waals surface area contributed by atoms with Crippen molar-refractivity contribution in [3.8, 4) is 0 Å². The molecule has 1 aromatic carbocycles. The predicted molar refractivity (Wildman–Crippen MR) is 75.6 cm³/mol. The first-order valence-electron chi connectivity index (χ1n) is 7.02. The lowest BCUT2D eigenvalue weighted by Gasteiger charge is -2.26. The number of hydrogen-bond acceptors (Lipinski definition) is 2. The lowest BCUT2D eigenvalue weighted by atomic mass is 9.87. The number of aliphatic hydroxyl groups is 1. The van der Waals surface area contributed by atoms with Crippen LogP contribution in [0.3, 0.4) is 0 Å². The van der Waals surface area contributed by atoms with Gasteiger partial charge in [-0.2, -0.15) is 0 Å². The molecule has 18 heavy (non-hydrogen) atoms. The highest BCUT2D eigenvalue weighted by Gasteiger charge is 2.32. The second-order valence-electron chi connectivity index (χ2n) is 5.96. The molecule has 2 N–H and O–H groups in total. The van der Waals surface area contributed by atoms with Gasteiger partial charge in [0.15, 0.2) is 0 Å². The lowest BCUT2D eigenvalue weighted by Crippen LogP contribution is -2.34. The van der Waals surface area contributed by atoms with Crippen molar-refractivity contribution < 1.29 is 5.11 Å². The van der Waals surface area contributed by atoms with E-state index in [-0.39, 0.29) is 5.41 Å². The number of aliphatic hydroxyl groups excluding tert-OH is 1. The first kappa shape index (κ1) is 13.6. The molecule has 1 aromatic rings. The van der Waals surface area contributed by atoms with Crippen molar-refractivity contribution in [3.63, 3.8) is 0 Å². The van der Waals surface area contributed by atoms with Crippen molar-refractivity contribution >= 4 is 0 Å². The summed E-state index contributed by atoms with van der Waals surface area (Å²) in [5.41, 5.74) is 4.14. The number of rotatable bonds is 5. The van der Waals surface area contributed by atoms with Gasteiger partial charge in [0.25, 0.3) is 0 Å². The summed E-state index contributed by atoms with van der Waals surface area (Å²) in [4.78, 5) is 0. The minimum absolute atomic E-state index is 0.152. The molecule has 100 valence electrons. The van der Waals surface area contributed by atoms with Gasteiger partial charge in [0.2, 0.25) is 0 Å². The topological polar surface area (TPSA) is 32.3 Å². The van der Waals surface area contributed by atoms with E-state index < -0.39 is 0 Å². The third-order valence-corrected chi connectivity index (χ3v) is 4.11. The third kappa shape index (κ3) is 3.33. The quantitative estimate of drug-likeness (QED) is 0.838. The van der Waals surface area contributed by atoms with Crippen molar-refractivity contribution in [2.24, 2.45) is 5.41 Å². The van der Waals surface area contributed by atoms with Crippen LogP contribution >= 0.6 is 0 Å². The van der Waals surface area contributed by atoms with Gasteiger partial charge in [-0.05, 0) is 32.3 Å². The van der Waals surface area contributed by atoms with Crippen molar-refractivity contribution in [1.82, 2.24) is 5.32 Å². The van der Waals surface area contributed by atoms with Crippen LogP contribution in [0.4, 0.5) is 0 Å². The van der Waals surface area contributed by atoms with Crippen molar-refractivity contribution in [2.75, 3.05) is 13.2 Å². The fourth-order valence-corrected chi connectivity index (χ4v) is 3.16. The number of benzene rings is 1. The second kappa shape index (κ2) is 5.85. The fraction of sp³-hybridized carbons (Fsp3) is 0.625. The first-order valence-corrected chi connectivity index (χ1v) is 7.02. The van der Waals surface area contributed by atoms with Crippen molar-refractivity contribution in [1.29, 1.82) is 0 Å². The molecular weight excluding hydrogens is 222 g/mol. The largest absolute Gasteiger partial charge is 0.396 e. The summed E-state index contributed by atoms with van der Waals surface area (Å²) in [6.07, 6.45) is 4.88. The van der Waals surface area contributed by atoms with Crippen molar-refractivity contribution in [2.45, 2.75) is 46.1 Å². The van der Waals surface area contributed by atoms with Crippen LogP contribution in [0.25, 0.3) is 0 Å². The van der Waals surface area contributed by atoms with Crippen LogP contribution in [0.15, 0.2) is 18.2 Å². The van der Waals surface area contributed by atoms with Crippen LogP contribution in [0, 0.1) is 19.3 Å². The van der Waals surface area contributed by atoms with Crippen LogP contribution in [-0.2, 0) is 6.54 Å². The summed E-state index contributed by atoms with van der Waals surface area (Å²) < 4.78 is 0. The van der Waals surface area contributed by atoms with Gasteiger partial charge in [-0.15, -0.1) is 0 Å². The van der Waals surface area contributed by atoms with Crippen LogP contribution in [0.5, 0.6) is 0 Å². The molecule has 1 aliphatic rings. The summed E-state index contributed by atoms with van der Waals surface area (Å²) in [6, 6.07) is 6.68. The SMILES string of the molecule is Cc1cc(C)cc(CNCC2(CO)CCCC2)c1. The zero-order valence-corrected chi connectivity index (χ0v) is 11.6. The van der Waals surface area contributed by atoms with E-state index in [2.05, 4.69) is 37.4 Å². The average molecular weight is 247 g/mol. The molecule has 0 saturated heterocycles. The zero-order chi connectivity index (χ0) is 13.0. The summed E-state index contributed by atoms with van der Waals surface area (Å²) in [5, 5.41) is 13.1. The molecule has 0 heterocycles. The Morgan fingerprint density at radius 2 is 1.72 bits per heavy atom. The van der Waals surface area contributed by atoms with Gasteiger partial charge in [0.1, 0.15) is 0 Å². The van der Waals surface area contributed by atoms with Gasteiger partial charge in [-0.3, -0.25) is 0 Å². The Hall–Kier alpha value is -0.860. The van der Waals surface area contributed by atoms with E-state index in [1.807, 2.05) is 0 Å². The second-order valence-corrected chi connectivity index (χ2v) is 5.96. The van der Waals surface area contributed by atoms with Gasteiger partial charge < -0.3 is 10.4 Å². The van der Waals surface area contributed by atoms with E-state index in [0.29, 0.717) is 6.61 Å². The van der Waals surface area contributed by atoms with Crippen molar-refractivity contribution in [3.05, 3.63) is 34.9 Å². The maximum atomic E-state index is 9.56. The Morgan fingerprint density at radius 1 is 1.11 bits per heavy atom. The maximum absolute atomic E-state index is 9.56. The van der Waals surface area contributed by atoms with E-state index in [1.165, 1.54) is 42.4 Å². The van der Waals surface area contributed by atoms with Gasteiger partial charge in [-0.25, -0.2) is 0 Å². The highest BCUT2D eigenvalue weighted by molar-refractivity contribution is 5.28. The molecule has 0 aromatic heterocycles. The molecule has 1 fully saturated rings. The molecule has 0 spiro atoms. The Labute approximate surface area is 110 Å². The smallest absolute Gasteiger partial charge is 0.0499 e. The summed E-state index contributed by atoms with van der Waals surface area (Å²) in [6.45, 7) is 6.46. The molecule has 0 amide bonds.